The maximum Gasteiger partial charge on any atom is 0.288 e. The van der Waals surface area contributed by atoms with E-state index in [2.05, 4.69) is 15.0 Å². The molecule has 1 aromatic carbocycles. The lowest BCUT2D eigenvalue weighted by Gasteiger charge is -2.33. The molecule has 23 heavy (non-hydrogen) atoms. The van der Waals surface area contributed by atoms with Crippen molar-refractivity contribution in [2.75, 3.05) is 19.6 Å². The summed E-state index contributed by atoms with van der Waals surface area (Å²) in [6.45, 7) is 2.29. The zero-order valence-electron chi connectivity index (χ0n) is 12.9. The molecule has 1 aliphatic rings. The van der Waals surface area contributed by atoms with Gasteiger partial charge in [0.25, 0.3) is 5.91 Å². The van der Waals surface area contributed by atoms with E-state index in [4.69, 9.17) is 5.73 Å². The third kappa shape index (κ3) is 3.75. The second kappa shape index (κ2) is 6.89. The lowest BCUT2D eigenvalue weighted by molar-refractivity contribution is 0.0837. The normalized spacial score (nSPS) is 20.3. The number of rotatable bonds is 5. The van der Waals surface area contributed by atoms with Crippen molar-refractivity contribution in [2.24, 2.45) is 5.73 Å². The number of hydrogen-bond acceptors (Lipinski definition) is 5. The molecule has 0 unspecified atom stereocenters. The largest absolute Gasteiger partial charge is 0.387 e. The Labute approximate surface area is 134 Å². The first kappa shape index (κ1) is 15.6. The van der Waals surface area contributed by atoms with Crippen LogP contribution in [0.3, 0.4) is 0 Å². The molecule has 0 radical (unpaired) electrons. The summed E-state index contributed by atoms with van der Waals surface area (Å²) in [5.41, 5.74) is 6.12. The van der Waals surface area contributed by atoms with Gasteiger partial charge in [-0.15, -0.1) is 5.10 Å². The number of primary amides is 1. The van der Waals surface area contributed by atoms with E-state index in [0.29, 0.717) is 6.54 Å². The van der Waals surface area contributed by atoms with Crippen molar-refractivity contribution in [2.45, 2.75) is 25.0 Å². The molecule has 0 saturated carbocycles. The first-order valence-electron chi connectivity index (χ1n) is 7.80. The van der Waals surface area contributed by atoms with Gasteiger partial charge >= 0.3 is 0 Å². The molecular weight excluding hydrogens is 294 g/mol. The molecule has 3 N–H and O–H groups in total. The molecule has 3 rings (SSSR count). The first-order valence-corrected chi connectivity index (χ1v) is 7.80. The highest BCUT2D eigenvalue weighted by atomic mass is 16.3. The van der Waals surface area contributed by atoms with E-state index in [-0.39, 0.29) is 11.9 Å². The molecule has 0 aliphatic carbocycles. The zero-order valence-corrected chi connectivity index (χ0v) is 12.9. The Kier molecular flexibility index (Phi) is 4.68. The van der Waals surface area contributed by atoms with Crippen molar-refractivity contribution >= 4 is 5.91 Å². The Morgan fingerprint density at radius 2 is 2.17 bits per heavy atom. The molecule has 0 bridgehead atoms. The predicted octanol–water partition coefficient (Wildman–Crippen LogP) is 0.747. The van der Waals surface area contributed by atoms with Crippen molar-refractivity contribution in [1.82, 2.24) is 19.7 Å². The van der Waals surface area contributed by atoms with E-state index in [1.165, 1.54) is 0 Å². The van der Waals surface area contributed by atoms with E-state index in [1.807, 2.05) is 30.3 Å². The quantitative estimate of drug-likeness (QED) is 0.848. The van der Waals surface area contributed by atoms with Gasteiger partial charge in [0, 0.05) is 13.1 Å². The van der Waals surface area contributed by atoms with Crippen LogP contribution in [0.25, 0.3) is 0 Å². The number of nitrogens with two attached hydrogens (primary N) is 1. The number of hydrogen-bond donors (Lipinski definition) is 2. The average molecular weight is 315 g/mol. The third-order valence-corrected chi connectivity index (χ3v) is 4.20. The number of carbonyl (C=O) groups is 1. The van der Waals surface area contributed by atoms with Gasteiger partial charge in [0.2, 0.25) is 5.82 Å². The number of likely N-dealkylation sites (tertiary alicyclic amines) is 1. The highest BCUT2D eigenvalue weighted by Crippen LogP contribution is 2.23. The summed E-state index contributed by atoms with van der Waals surface area (Å²) >= 11 is 0. The number of aromatic nitrogens is 3. The van der Waals surface area contributed by atoms with Crippen molar-refractivity contribution in [1.29, 1.82) is 0 Å². The van der Waals surface area contributed by atoms with Gasteiger partial charge in [-0.3, -0.25) is 9.69 Å². The van der Waals surface area contributed by atoms with Crippen LogP contribution in [0.2, 0.25) is 0 Å². The van der Waals surface area contributed by atoms with Crippen LogP contribution in [-0.2, 0) is 0 Å². The SMILES string of the molecule is NC(=O)c1ncn([C@H]2CCCN(C[C@@H](O)c3ccccc3)C2)n1. The minimum absolute atomic E-state index is 0.0476. The zero-order chi connectivity index (χ0) is 16.2. The summed E-state index contributed by atoms with van der Waals surface area (Å²) < 4.78 is 1.71. The molecule has 122 valence electrons. The van der Waals surface area contributed by atoms with Gasteiger partial charge in [-0.25, -0.2) is 9.67 Å². The van der Waals surface area contributed by atoms with E-state index >= 15 is 0 Å². The Bertz CT molecular complexity index is 658. The van der Waals surface area contributed by atoms with Crippen LogP contribution in [0.5, 0.6) is 0 Å². The number of nitrogens with zero attached hydrogens (tertiary/aromatic N) is 4. The minimum Gasteiger partial charge on any atom is -0.387 e. The van der Waals surface area contributed by atoms with Crippen LogP contribution in [0.1, 0.15) is 41.2 Å². The minimum atomic E-state index is -0.615. The van der Waals surface area contributed by atoms with Crippen LogP contribution in [0, 0.1) is 0 Å². The van der Waals surface area contributed by atoms with Gasteiger partial charge < -0.3 is 10.8 Å². The van der Waals surface area contributed by atoms with Gasteiger partial charge in [0.1, 0.15) is 6.33 Å². The van der Waals surface area contributed by atoms with Crippen LogP contribution in [0.15, 0.2) is 36.7 Å². The lowest BCUT2D eigenvalue weighted by Crippen LogP contribution is -2.39. The number of piperidine rings is 1. The Morgan fingerprint density at radius 1 is 1.39 bits per heavy atom. The number of benzene rings is 1. The summed E-state index contributed by atoms with van der Waals surface area (Å²) in [5, 5.41) is 14.5. The van der Waals surface area contributed by atoms with Crippen LogP contribution in [-0.4, -0.2) is 50.3 Å². The second-order valence-corrected chi connectivity index (χ2v) is 5.89. The predicted molar refractivity (Wildman–Crippen MR) is 84.7 cm³/mol. The van der Waals surface area contributed by atoms with Crippen molar-refractivity contribution in [3.05, 3.63) is 48.0 Å². The summed E-state index contributed by atoms with van der Waals surface area (Å²) in [6.07, 6.45) is 3.03. The third-order valence-electron chi connectivity index (χ3n) is 4.20. The Morgan fingerprint density at radius 3 is 2.87 bits per heavy atom. The monoisotopic (exact) mass is 315 g/mol. The summed E-state index contributed by atoms with van der Waals surface area (Å²) in [6, 6.07) is 9.81. The maximum absolute atomic E-state index is 11.1. The highest BCUT2D eigenvalue weighted by Gasteiger charge is 2.24. The standard InChI is InChI=1S/C16H21N5O2/c17-15(23)16-18-11-21(19-16)13-7-4-8-20(9-13)10-14(22)12-5-2-1-3-6-12/h1-3,5-6,11,13-14,22H,4,7-10H2,(H2,17,23)/t13-,14+/m0/s1. The number of aliphatic hydroxyl groups is 1. The number of aliphatic hydroxyl groups excluding tert-OH is 1. The fourth-order valence-electron chi connectivity index (χ4n) is 3.00. The van der Waals surface area contributed by atoms with E-state index in [1.54, 1.807) is 11.0 Å². The van der Waals surface area contributed by atoms with Gasteiger partial charge in [0.15, 0.2) is 0 Å². The molecule has 1 saturated heterocycles. The molecule has 7 nitrogen and oxygen atoms in total. The molecule has 2 heterocycles. The van der Waals surface area contributed by atoms with Crippen LogP contribution in [0.4, 0.5) is 0 Å². The Balaban J connectivity index is 1.62. The van der Waals surface area contributed by atoms with Gasteiger partial charge in [-0.05, 0) is 24.9 Å². The molecule has 2 aromatic rings. The van der Waals surface area contributed by atoms with Crippen molar-refractivity contribution in [3.8, 4) is 0 Å². The first-order chi connectivity index (χ1) is 11.1. The number of β-amino-alcohol motifs (C(OH)–C–C–N with tert-alkyl or cyclic N) is 1. The highest BCUT2D eigenvalue weighted by molar-refractivity contribution is 5.88. The van der Waals surface area contributed by atoms with Gasteiger partial charge in [0.05, 0.1) is 12.1 Å². The molecule has 2 atom stereocenters. The van der Waals surface area contributed by atoms with Gasteiger partial charge in [-0.2, -0.15) is 0 Å². The molecule has 7 heteroatoms. The smallest absolute Gasteiger partial charge is 0.288 e. The average Bonchev–Trinajstić information content (AvgIpc) is 3.06. The molecular formula is C16H21N5O2. The summed E-state index contributed by atoms with van der Waals surface area (Å²) in [7, 11) is 0. The van der Waals surface area contributed by atoms with Crippen LogP contribution < -0.4 is 5.73 Å². The van der Waals surface area contributed by atoms with E-state index in [0.717, 1.165) is 31.5 Å². The van der Waals surface area contributed by atoms with Crippen molar-refractivity contribution < 1.29 is 9.90 Å². The van der Waals surface area contributed by atoms with Gasteiger partial charge in [-0.1, -0.05) is 30.3 Å². The molecule has 1 amide bonds. The molecule has 0 spiro atoms. The maximum atomic E-state index is 11.1. The van der Waals surface area contributed by atoms with E-state index in [9.17, 15) is 9.90 Å². The second-order valence-electron chi connectivity index (χ2n) is 5.89. The molecule has 1 fully saturated rings. The molecule has 1 aliphatic heterocycles. The summed E-state index contributed by atoms with van der Waals surface area (Å²) in [5.74, 6) is -0.567. The van der Waals surface area contributed by atoms with E-state index < -0.39 is 12.0 Å². The topological polar surface area (TPSA) is 97.3 Å². The van der Waals surface area contributed by atoms with Crippen molar-refractivity contribution in [3.63, 3.8) is 0 Å². The summed E-state index contributed by atoms with van der Waals surface area (Å²) in [4.78, 5) is 17.3. The lowest BCUT2D eigenvalue weighted by atomic mass is 10.0. The molecule has 1 aromatic heterocycles. The fraction of sp³-hybridized carbons (Fsp3) is 0.438. The fourth-order valence-corrected chi connectivity index (χ4v) is 3.00. The number of amides is 1. The van der Waals surface area contributed by atoms with Crippen LogP contribution >= 0.6 is 0 Å². The number of carbonyl (C=O) groups excluding carboxylic acids is 1. The Hall–Kier alpha value is -2.25.